The monoisotopic (exact) mass is 280 g/mol. The average Bonchev–Trinajstić information content (AvgIpc) is 2.45. The summed E-state index contributed by atoms with van der Waals surface area (Å²) in [4.78, 5) is 31.7. The van der Waals surface area contributed by atoms with Crippen LogP contribution in [0.4, 0.5) is 5.82 Å². The van der Waals surface area contributed by atoms with Gasteiger partial charge in [-0.3, -0.25) is 4.79 Å². The van der Waals surface area contributed by atoms with E-state index >= 15 is 0 Å². The first-order valence-corrected chi connectivity index (χ1v) is 6.23. The van der Waals surface area contributed by atoms with E-state index in [0.29, 0.717) is 26.2 Å². The van der Waals surface area contributed by atoms with Gasteiger partial charge in [0.1, 0.15) is 0 Å². The normalized spacial score (nSPS) is 18.6. The molecule has 0 aromatic carbocycles. The van der Waals surface area contributed by atoms with Crippen molar-refractivity contribution in [1.82, 2.24) is 14.9 Å². The molecule has 2 heterocycles. The topological polar surface area (TPSA) is 105 Å². The highest BCUT2D eigenvalue weighted by atomic mass is 16.5. The van der Waals surface area contributed by atoms with Crippen molar-refractivity contribution in [1.29, 1.82) is 0 Å². The van der Waals surface area contributed by atoms with Gasteiger partial charge >= 0.3 is 5.97 Å². The first-order chi connectivity index (χ1) is 9.58. The van der Waals surface area contributed by atoms with Crippen molar-refractivity contribution in [3.05, 3.63) is 18.1 Å². The molecule has 1 fully saturated rings. The molecule has 0 saturated carbocycles. The summed E-state index contributed by atoms with van der Waals surface area (Å²) in [6.45, 7) is 3.41. The molecule has 8 heteroatoms. The third kappa shape index (κ3) is 3.41. The lowest BCUT2D eigenvalue weighted by molar-refractivity contribution is -0.135. The van der Waals surface area contributed by atoms with Crippen LogP contribution >= 0.6 is 0 Å². The zero-order valence-corrected chi connectivity index (χ0v) is 11.1. The number of amides is 1. The van der Waals surface area contributed by atoms with Gasteiger partial charge in [0, 0.05) is 39.0 Å². The summed E-state index contributed by atoms with van der Waals surface area (Å²) in [5, 5.41) is 11.9. The quantitative estimate of drug-likeness (QED) is 0.789. The fourth-order valence-electron chi connectivity index (χ4n) is 1.96. The maximum Gasteiger partial charge on any atom is 0.358 e. The summed E-state index contributed by atoms with van der Waals surface area (Å²) in [7, 11) is 0. The third-order valence-electron chi connectivity index (χ3n) is 2.98. The Labute approximate surface area is 115 Å². The van der Waals surface area contributed by atoms with Gasteiger partial charge in [-0.1, -0.05) is 0 Å². The molecule has 2 rings (SSSR count). The van der Waals surface area contributed by atoms with E-state index in [4.69, 9.17) is 9.84 Å². The summed E-state index contributed by atoms with van der Waals surface area (Å²) in [5.41, 5.74) is -0.133. The molecule has 0 aliphatic carbocycles. The number of carboxylic acids is 1. The number of anilines is 1. The van der Waals surface area contributed by atoms with E-state index in [0.717, 1.165) is 0 Å². The number of aromatic carboxylic acids is 1. The van der Waals surface area contributed by atoms with E-state index in [2.05, 4.69) is 15.3 Å². The molecule has 1 amide bonds. The Hall–Kier alpha value is -2.22. The molecule has 8 nitrogen and oxygen atoms in total. The predicted molar refractivity (Wildman–Crippen MR) is 69.5 cm³/mol. The van der Waals surface area contributed by atoms with E-state index in [9.17, 15) is 9.59 Å². The lowest BCUT2D eigenvalue weighted by Crippen LogP contribution is -2.47. The van der Waals surface area contributed by atoms with Gasteiger partial charge in [0.05, 0.1) is 12.7 Å². The smallest absolute Gasteiger partial charge is 0.358 e. The molecule has 1 atom stereocenters. The van der Waals surface area contributed by atoms with Gasteiger partial charge in [0.2, 0.25) is 5.91 Å². The highest BCUT2D eigenvalue weighted by Crippen LogP contribution is 2.10. The van der Waals surface area contributed by atoms with Gasteiger partial charge in [-0.15, -0.1) is 0 Å². The van der Waals surface area contributed by atoms with Crippen molar-refractivity contribution in [3.63, 3.8) is 0 Å². The van der Waals surface area contributed by atoms with Crippen LogP contribution in [0.5, 0.6) is 0 Å². The molecule has 108 valence electrons. The minimum absolute atomic E-state index is 0.00373. The van der Waals surface area contributed by atoms with Crippen molar-refractivity contribution in [2.75, 3.05) is 31.6 Å². The maximum absolute atomic E-state index is 11.3. The lowest BCUT2D eigenvalue weighted by atomic mass is 10.2. The lowest BCUT2D eigenvalue weighted by Gasteiger charge is -2.32. The molecule has 2 N–H and O–H groups in total. The Kier molecular flexibility index (Phi) is 4.46. The summed E-state index contributed by atoms with van der Waals surface area (Å²) >= 11 is 0. The molecule has 20 heavy (non-hydrogen) atoms. The van der Waals surface area contributed by atoms with Crippen LogP contribution in [0, 0.1) is 0 Å². The van der Waals surface area contributed by atoms with Crippen molar-refractivity contribution < 1.29 is 19.4 Å². The number of nitrogens with zero attached hydrogens (tertiary/aromatic N) is 3. The summed E-state index contributed by atoms with van der Waals surface area (Å²) in [6, 6.07) is 0. The van der Waals surface area contributed by atoms with E-state index in [-0.39, 0.29) is 23.5 Å². The molecule has 1 aromatic rings. The second-order valence-electron chi connectivity index (χ2n) is 4.40. The molecule has 0 radical (unpaired) electrons. The molecule has 0 spiro atoms. The molecule has 1 unspecified atom stereocenters. The minimum Gasteiger partial charge on any atom is -0.476 e. The van der Waals surface area contributed by atoms with Crippen molar-refractivity contribution >= 4 is 17.7 Å². The number of nitrogens with one attached hydrogen (secondary N) is 1. The fraction of sp³-hybridized carbons (Fsp3) is 0.500. The summed E-state index contributed by atoms with van der Waals surface area (Å²) in [6.07, 6.45) is 2.54. The average molecular weight is 280 g/mol. The number of rotatable bonds is 4. The number of aromatic nitrogens is 2. The molecule has 1 saturated heterocycles. The van der Waals surface area contributed by atoms with Crippen molar-refractivity contribution in [2.45, 2.75) is 13.0 Å². The largest absolute Gasteiger partial charge is 0.476 e. The standard InChI is InChI=1S/C12H16N4O4/c1-8(17)16-4-5-20-9(7-16)6-15-11-10(12(18)19)13-2-3-14-11/h2-3,9H,4-7H2,1H3,(H,14,15)(H,18,19). The minimum atomic E-state index is -1.14. The van der Waals surface area contributed by atoms with Gasteiger partial charge in [-0.05, 0) is 0 Å². The highest BCUT2D eigenvalue weighted by Gasteiger charge is 2.22. The molecule has 1 aliphatic rings. The second kappa shape index (κ2) is 6.29. The fourth-order valence-corrected chi connectivity index (χ4v) is 1.96. The Balaban J connectivity index is 1.95. The van der Waals surface area contributed by atoms with Crippen LogP contribution in [0.1, 0.15) is 17.4 Å². The van der Waals surface area contributed by atoms with E-state index < -0.39 is 5.97 Å². The number of morpholine rings is 1. The van der Waals surface area contributed by atoms with Gasteiger partial charge in [-0.2, -0.15) is 0 Å². The number of carbonyl (C=O) groups is 2. The van der Waals surface area contributed by atoms with E-state index in [1.54, 1.807) is 4.90 Å². The van der Waals surface area contributed by atoms with Crippen LogP contribution in [-0.2, 0) is 9.53 Å². The Morgan fingerprint density at radius 3 is 2.95 bits per heavy atom. The van der Waals surface area contributed by atoms with Gasteiger partial charge in [-0.25, -0.2) is 14.8 Å². The molecule has 0 bridgehead atoms. The summed E-state index contributed by atoms with van der Waals surface area (Å²) in [5.74, 6) is -0.942. The van der Waals surface area contributed by atoms with Crippen LogP contribution in [0.15, 0.2) is 12.4 Å². The molecule has 1 aromatic heterocycles. The zero-order chi connectivity index (χ0) is 14.5. The van der Waals surface area contributed by atoms with Crippen LogP contribution in [-0.4, -0.2) is 64.2 Å². The maximum atomic E-state index is 11.3. The summed E-state index contributed by atoms with van der Waals surface area (Å²) < 4.78 is 5.53. The number of hydrogen-bond acceptors (Lipinski definition) is 6. The predicted octanol–water partition coefficient (Wildman–Crippen LogP) is -0.166. The first-order valence-electron chi connectivity index (χ1n) is 6.23. The Morgan fingerprint density at radius 2 is 2.25 bits per heavy atom. The molecular formula is C12H16N4O4. The van der Waals surface area contributed by atoms with E-state index in [1.807, 2.05) is 0 Å². The molecule has 1 aliphatic heterocycles. The van der Waals surface area contributed by atoms with Crippen LogP contribution < -0.4 is 5.32 Å². The van der Waals surface area contributed by atoms with Crippen LogP contribution in [0.2, 0.25) is 0 Å². The first kappa shape index (κ1) is 14.2. The van der Waals surface area contributed by atoms with E-state index in [1.165, 1.54) is 19.3 Å². The highest BCUT2D eigenvalue weighted by molar-refractivity contribution is 5.90. The van der Waals surface area contributed by atoms with Gasteiger partial charge in [0.25, 0.3) is 0 Å². The van der Waals surface area contributed by atoms with Gasteiger partial charge < -0.3 is 20.1 Å². The van der Waals surface area contributed by atoms with Crippen LogP contribution in [0.3, 0.4) is 0 Å². The van der Waals surface area contributed by atoms with Gasteiger partial charge in [0.15, 0.2) is 11.5 Å². The SMILES string of the molecule is CC(=O)N1CCOC(CNc2nccnc2C(=O)O)C1. The number of carboxylic acid groups (broad SMARTS) is 1. The van der Waals surface area contributed by atoms with Crippen LogP contribution in [0.25, 0.3) is 0 Å². The Bertz CT molecular complexity index is 508. The Morgan fingerprint density at radius 1 is 1.50 bits per heavy atom. The third-order valence-corrected chi connectivity index (χ3v) is 2.98. The zero-order valence-electron chi connectivity index (χ0n) is 11.1. The number of carbonyl (C=O) groups excluding carboxylic acids is 1. The van der Waals surface area contributed by atoms with Crippen molar-refractivity contribution in [3.8, 4) is 0 Å². The molecular weight excluding hydrogens is 264 g/mol. The van der Waals surface area contributed by atoms with Crippen molar-refractivity contribution in [2.24, 2.45) is 0 Å². The second-order valence-corrected chi connectivity index (χ2v) is 4.40. The number of ether oxygens (including phenoxy) is 1. The number of hydrogen-bond donors (Lipinski definition) is 2.